The fourth-order valence-corrected chi connectivity index (χ4v) is 4.36. The van der Waals surface area contributed by atoms with Crippen molar-refractivity contribution in [1.29, 1.82) is 0 Å². The Morgan fingerprint density at radius 3 is 2.29 bits per heavy atom. The van der Waals surface area contributed by atoms with E-state index in [2.05, 4.69) is 5.32 Å². The number of carboxylic acids is 1. The quantitative estimate of drug-likeness (QED) is 0.370. The second kappa shape index (κ2) is 12.3. The zero-order valence-electron chi connectivity index (χ0n) is 19.7. The van der Waals surface area contributed by atoms with Crippen molar-refractivity contribution in [2.45, 2.75) is 57.8 Å². The van der Waals surface area contributed by atoms with Gasteiger partial charge in [0.15, 0.2) is 0 Å². The molecule has 0 saturated heterocycles. The van der Waals surface area contributed by atoms with Gasteiger partial charge < -0.3 is 14.7 Å². The van der Waals surface area contributed by atoms with Crippen LogP contribution in [-0.2, 0) is 32.0 Å². The average molecular weight is 465 g/mol. The normalized spacial score (nSPS) is 14.6. The van der Waals surface area contributed by atoms with Crippen LogP contribution in [0.4, 0.5) is 0 Å². The molecule has 1 unspecified atom stereocenters. The Balaban J connectivity index is 1.73. The van der Waals surface area contributed by atoms with Gasteiger partial charge in [0.2, 0.25) is 5.91 Å². The van der Waals surface area contributed by atoms with E-state index in [-0.39, 0.29) is 24.9 Å². The number of benzene rings is 2. The molecule has 1 aliphatic rings. The average Bonchev–Trinajstić information content (AvgIpc) is 3.28. The SMILES string of the molecule is CCCOC(CC(=C=O)c1ccccc1)N[C@@H](C)C(=O)N(CC(=O)O)C1Cc2ccccc2C1. The van der Waals surface area contributed by atoms with Crippen molar-refractivity contribution in [2.24, 2.45) is 0 Å². The molecule has 3 rings (SSSR count). The zero-order chi connectivity index (χ0) is 24.5. The van der Waals surface area contributed by atoms with Crippen molar-refractivity contribution in [2.75, 3.05) is 13.2 Å². The van der Waals surface area contributed by atoms with E-state index in [4.69, 9.17) is 4.74 Å². The minimum Gasteiger partial charge on any atom is -0.480 e. The van der Waals surface area contributed by atoms with Gasteiger partial charge in [-0.2, -0.15) is 0 Å². The summed E-state index contributed by atoms with van der Waals surface area (Å²) in [6.07, 6.45) is 1.67. The first-order valence-electron chi connectivity index (χ1n) is 11.7. The third-order valence-electron chi connectivity index (χ3n) is 6.02. The van der Waals surface area contributed by atoms with Crippen LogP contribution in [0, 0.1) is 0 Å². The molecule has 0 heterocycles. The number of carbonyl (C=O) groups excluding carboxylic acids is 2. The summed E-state index contributed by atoms with van der Waals surface area (Å²) in [5.41, 5.74) is 3.48. The largest absolute Gasteiger partial charge is 0.480 e. The molecule has 1 amide bonds. The number of ether oxygens (including phenoxy) is 1. The van der Waals surface area contributed by atoms with E-state index >= 15 is 0 Å². The van der Waals surface area contributed by atoms with Crippen molar-refractivity contribution in [3.05, 3.63) is 71.3 Å². The standard InChI is InChI=1S/C27H32N2O5/c1-3-13-34-25(16-23(18-30)20-9-5-4-6-10-20)28-19(2)27(33)29(17-26(31)32)24-14-21-11-7-8-12-22(21)15-24/h4-12,19,24-25,28H,3,13-17H2,1-2H3,(H,31,32)/t19-,25?/m0/s1. The number of fused-ring (bicyclic) bond motifs is 1. The number of amides is 1. The first kappa shape index (κ1) is 25.4. The fraction of sp³-hybridized carbons (Fsp3) is 0.407. The lowest BCUT2D eigenvalue weighted by Gasteiger charge is -2.32. The van der Waals surface area contributed by atoms with Gasteiger partial charge in [-0.1, -0.05) is 61.5 Å². The Kier molecular flexibility index (Phi) is 9.16. The van der Waals surface area contributed by atoms with Crippen LogP contribution in [-0.4, -0.2) is 59.3 Å². The molecule has 1 aliphatic carbocycles. The summed E-state index contributed by atoms with van der Waals surface area (Å²) in [7, 11) is 0. The molecule has 2 N–H and O–H groups in total. The second-order valence-electron chi connectivity index (χ2n) is 8.59. The highest BCUT2D eigenvalue weighted by atomic mass is 16.5. The molecule has 0 fully saturated rings. The van der Waals surface area contributed by atoms with E-state index in [1.165, 1.54) is 4.90 Å². The molecular formula is C27H32N2O5. The third-order valence-corrected chi connectivity index (χ3v) is 6.02. The van der Waals surface area contributed by atoms with E-state index in [1.807, 2.05) is 67.5 Å². The summed E-state index contributed by atoms with van der Waals surface area (Å²) >= 11 is 0. The van der Waals surface area contributed by atoms with E-state index in [9.17, 15) is 19.5 Å². The summed E-state index contributed by atoms with van der Waals surface area (Å²) in [4.78, 5) is 38.1. The molecule has 2 atom stereocenters. The second-order valence-corrected chi connectivity index (χ2v) is 8.59. The molecule has 0 aliphatic heterocycles. The van der Waals surface area contributed by atoms with Gasteiger partial charge in [0.05, 0.1) is 6.04 Å². The molecule has 7 nitrogen and oxygen atoms in total. The molecule has 7 heteroatoms. The number of nitrogens with zero attached hydrogens (tertiary/aromatic N) is 1. The number of aliphatic carboxylic acids is 1. The summed E-state index contributed by atoms with van der Waals surface area (Å²) in [5.74, 6) is 0.651. The maximum absolute atomic E-state index is 13.4. The Hall–Kier alpha value is -3.25. The zero-order valence-corrected chi connectivity index (χ0v) is 19.7. The number of hydrogen-bond acceptors (Lipinski definition) is 5. The van der Waals surface area contributed by atoms with Crippen LogP contribution in [0.1, 0.15) is 43.4 Å². The van der Waals surface area contributed by atoms with Crippen molar-refractivity contribution in [3.63, 3.8) is 0 Å². The number of rotatable bonds is 12. The highest BCUT2D eigenvalue weighted by Gasteiger charge is 2.34. The smallest absolute Gasteiger partial charge is 0.323 e. The van der Waals surface area contributed by atoms with Crippen LogP contribution >= 0.6 is 0 Å². The van der Waals surface area contributed by atoms with Crippen LogP contribution in [0.2, 0.25) is 0 Å². The lowest BCUT2D eigenvalue weighted by molar-refractivity contribution is -0.147. The first-order chi connectivity index (χ1) is 16.4. The van der Waals surface area contributed by atoms with Crippen molar-refractivity contribution < 1.29 is 24.2 Å². The fourth-order valence-electron chi connectivity index (χ4n) is 4.36. The predicted molar refractivity (Wildman–Crippen MR) is 130 cm³/mol. The summed E-state index contributed by atoms with van der Waals surface area (Å²) in [6.45, 7) is 3.77. The summed E-state index contributed by atoms with van der Waals surface area (Å²) in [6, 6.07) is 16.3. The minimum absolute atomic E-state index is 0.213. The molecule has 180 valence electrons. The Morgan fingerprint density at radius 1 is 1.12 bits per heavy atom. The van der Waals surface area contributed by atoms with Crippen LogP contribution in [0.25, 0.3) is 5.57 Å². The minimum atomic E-state index is -1.05. The number of carboxylic acid groups (broad SMARTS) is 1. The Bertz CT molecular complexity index is 1010. The van der Waals surface area contributed by atoms with E-state index in [0.717, 1.165) is 23.1 Å². The number of hydrogen-bond donors (Lipinski definition) is 2. The maximum atomic E-state index is 13.4. The number of nitrogens with one attached hydrogen (secondary N) is 1. The van der Waals surface area contributed by atoms with Gasteiger partial charge in [0.1, 0.15) is 18.7 Å². The van der Waals surface area contributed by atoms with Gasteiger partial charge in [-0.15, -0.1) is 0 Å². The molecular weight excluding hydrogens is 432 g/mol. The summed E-state index contributed by atoms with van der Waals surface area (Å²) < 4.78 is 5.91. The molecule has 34 heavy (non-hydrogen) atoms. The van der Waals surface area contributed by atoms with Crippen molar-refractivity contribution in [3.8, 4) is 0 Å². The van der Waals surface area contributed by atoms with Crippen LogP contribution < -0.4 is 5.32 Å². The lowest BCUT2D eigenvalue weighted by atomic mass is 10.0. The van der Waals surface area contributed by atoms with Gasteiger partial charge in [0.25, 0.3) is 0 Å². The molecule has 0 aromatic heterocycles. The maximum Gasteiger partial charge on any atom is 0.323 e. The summed E-state index contributed by atoms with van der Waals surface area (Å²) in [5, 5.41) is 12.7. The van der Waals surface area contributed by atoms with Gasteiger partial charge in [0, 0.05) is 24.6 Å². The lowest BCUT2D eigenvalue weighted by Crippen LogP contribution is -2.53. The monoisotopic (exact) mass is 464 g/mol. The van der Waals surface area contributed by atoms with Crippen LogP contribution in [0.15, 0.2) is 54.6 Å². The molecule has 0 saturated carbocycles. The van der Waals surface area contributed by atoms with Crippen molar-refractivity contribution >= 4 is 23.4 Å². The van der Waals surface area contributed by atoms with E-state index in [1.54, 1.807) is 6.92 Å². The predicted octanol–water partition coefficient (Wildman–Crippen LogP) is 3.10. The molecule has 0 bridgehead atoms. The van der Waals surface area contributed by atoms with Gasteiger partial charge in [-0.25, -0.2) is 4.79 Å². The van der Waals surface area contributed by atoms with Crippen molar-refractivity contribution in [1.82, 2.24) is 10.2 Å². The Labute approximate surface area is 200 Å². The molecule has 2 aromatic rings. The first-order valence-corrected chi connectivity index (χ1v) is 11.7. The van der Waals surface area contributed by atoms with Gasteiger partial charge in [-0.05, 0) is 42.9 Å². The molecule has 2 aromatic carbocycles. The molecule has 0 spiro atoms. The van der Waals surface area contributed by atoms with E-state index in [0.29, 0.717) is 25.0 Å². The highest BCUT2D eigenvalue weighted by Crippen LogP contribution is 2.26. The van der Waals surface area contributed by atoms with Crippen LogP contribution in [0.3, 0.4) is 0 Å². The molecule has 0 radical (unpaired) electrons. The van der Waals surface area contributed by atoms with Gasteiger partial charge >= 0.3 is 5.97 Å². The Morgan fingerprint density at radius 2 is 1.74 bits per heavy atom. The number of carbonyl (C=O) groups is 2. The van der Waals surface area contributed by atoms with Crippen LogP contribution in [0.5, 0.6) is 0 Å². The highest BCUT2D eigenvalue weighted by molar-refractivity contribution is 5.88. The van der Waals surface area contributed by atoms with Gasteiger partial charge in [-0.3, -0.25) is 14.9 Å². The topological polar surface area (TPSA) is 95.9 Å². The third kappa shape index (κ3) is 6.64. The van der Waals surface area contributed by atoms with E-state index < -0.39 is 18.2 Å².